The largest absolute Gasteiger partial charge is 0.493 e. The molecule has 2 aromatic carbocycles. The lowest BCUT2D eigenvalue weighted by molar-refractivity contribution is 0.282. The Bertz CT molecular complexity index is 917. The van der Waals surface area contributed by atoms with Gasteiger partial charge in [-0.3, -0.25) is 0 Å². The molecule has 0 bridgehead atoms. The van der Waals surface area contributed by atoms with Gasteiger partial charge in [-0.1, -0.05) is 35.8 Å². The standard InChI is InChI=1S/C19H21BrClN5O2/c1-3-8-26-24-19(23-25-26)22-11-14-9-16(20)18(17(10-14)27-2)28-12-13-4-6-15(21)7-5-13/h4-7,9-10H,3,8,11-12H2,1-2H3,(H,22,24). The van der Waals surface area contributed by atoms with E-state index >= 15 is 0 Å². The van der Waals surface area contributed by atoms with Crippen LogP contribution < -0.4 is 14.8 Å². The van der Waals surface area contributed by atoms with Crippen molar-refractivity contribution < 1.29 is 9.47 Å². The normalized spacial score (nSPS) is 10.7. The molecule has 28 heavy (non-hydrogen) atoms. The number of methoxy groups -OCH3 is 1. The summed E-state index contributed by atoms with van der Waals surface area (Å²) in [6.07, 6.45) is 0.956. The number of halogens is 2. The van der Waals surface area contributed by atoms with Crippen molar-refractivity contribution >= 4 is 33.5 Å². The number of nitrogens with one attached hydrogen (secondary N) is 1. The van der Waals surface area contributed by atoms with Crippen LogP contribution in [-0.4, -0.2) is 27.3 Å². The Hall–Kier alpha value is -2.32. The number of hydrogen-bond acceptors (Lipinski definition) is 6. The van der Waals surface area contributed by atoms with Crippen LogP contribution in [0.1, 0.15) is 24.5 Å². The predicted octanol–water partition coefficient (Wildman–Crippen LogP) is 4.70. The molecule has 1 heterocycles. The average Bonchev–Trinajstić information content (AvgIpc) is 3.14. The third-order valence-electron chi connectivity index (χ3n) is 3.91. The van der Waals surface area contributed by atoms with E-state index in [4.69, 9.17) is 21.1 Å². The van der Waals surface area contributed by atoms with E-state index in [1.807, 2.05) is 36.4 Å². The number of hydrogen-bond donors (Lipinski definition) is 1. The highest BCUT2D eigenvalue weighted by molar-refractivity contribution is 9.10. The first kappa shape index (κ1) is 20.4. The molecule has 0 saturated carbocycles. The molecule has 0 aliphatic rings. The number of aromatic nitrogens is 4. The van der Waals surface area contributed by atoms with Crippen LogP contribution in [-0.2, 0) is 19.7 Å². The summed E-state index contributed by atoms with van der Waals surface area (Å²) < 4.78 is 12.3. The van der Waals surface area contributed by atoms with Crippen LogP contribution >= 0.6 is 27.5 Å². The fourth-order valence-electron chi connectivity index (χ4n) is 2.54. The van der Waals surface area contributed by atoms with Crippen LogP contribution in [0.2, 0.25) is 5.02 Å². The zero-order chi connectivity index (χ0) is 19.9. The maximum Gasteiger partial charge on any atom is 0.263 e. The van der Waals surface area contributed by atoms with Crippen LogP contribution in [0.4, 0.5) is 5.95 Å². The topological polar surface area (TPSA) is 74.1 Å². The summed E-state index contributed by atoms with van der Waals surface area (Å²) in [5.74, 6) is 1.78. The van der Waals surface area contributed by atoms with Gasteiger partial charge < -0.3 is 14.8 Å². The summed E-state index contributed by atoms with van der Waals surface area (Å²) in [6, 6.07) is 11.4. The van der Waals surface area contributed by atoms with Gasteiger partial charge in [0.2, 0.25) is 0 Å². The summed E-state index contributed by atoms with van der Waals surface area (Å²) in [6.45, 7) is 3.75. The number of tetrazole rings is 1. The molecule has 0 saturated heterocycles. The molecule has 0 unspecified atom stereocenters. The van der Waals surface area contributed by atoms with E-state index in [1.165, 1.54) is 0 Å². The van der Waals surface area contributed by atoms with Crippen molar-refractivity contribution in [3.05, 3.63) is 57.0 Å². The maximum absolute atomic E-state index is 5.96. The molecule has 0 fully saturated rings. The summed E-state index contributed by atoms with van der Waals surface area (Å²) in [4.78, 5) is 1.58. The Morgan fingerprint density at radius 1 is 1.18 bits per heavy atom. The second-order valence-electron chi connectivity index (χ2n) is 6.09. The van der Waals surface area contributed by atoms with Gasteiger partial charge in [-0.2, -0.15) is 4.80 Å². The van der Waals surface area contributed by atoms with Gasteiger partial charge in [-0.15, -0.1) is 5.10 Å². The number of ether oxygens (including phenoxy) is 2. The van der Waals surface area contributed by atoms with Gasteiger partial charge in [-0.05, 0) is 63.0 Å². The van der Waals surface area contributed by atoms with Gasteiger partial charge in [0.05, 0.1) is 18.1 Å². The van der Waals surface area contributed by atoms with Crippen molar-refractivity contribution in [1.82, 2.24) is 20.2 Å². The quantitative estimate of drug-likeness (QED) is 0.493. The van der Waals surface area contributed by atoms with Crippen LogP contribution in [0.5, 0.6) is 11.5 Å². The molecule has 7 nitrogen and oxygen atoms in total. The van der Waals surface area contributed by atoms with Crippen LogP contribution in [0, 0.1) is 0 Å². The zero-order valence-corrected chi connectivity index (χ0v) is 18.0. The Morgan fingerprint density at radius 2 is 1.96 bits per heavy atom. The summed E-state index contributed by atoms with van der Waals surface area (Å²) in [7, 11) is 1.62. The first-order valence-electron chi connectivity index (χ1n) is 8.84. The van der Waals surface area contributed by atoms with E-state index in [9.17, 15) is 0 Å². The first-order chi connectivity index (χ1) is 13.6. The minimum Gasteiger partial charge on any atom is -0.493 e. The first-order valence-corrected chi connectivity index (χ1v) is 10.0. The van der Waals surface area contributed by atoms with Crippen molar-refractivity contribution in [2.24, 2.45) is 0 Å². The molecule has 9 heteroatoms. The molecule has 148 valence electrons. The molecular formula is C19H21BrClN5O2. The third-order valence-corrected chi connectivity index (χ3v) is 4.75. The summed E-state index contributed by atoms with van der Waals surface area (Å²) in [5.41, 5.74) is 2.01. The van der Waals surface area contributed by atoms with Gasteiger partial charge in [0, 0.05) is 11.6 Å². The maximum atomic E-state index is 5.96. The van der Waals surface area contributed by atoms with Gasteiger partial charge in [0.25, 0.3) is 5.95 Å². The van der Waals surface area contributed by atoms with E-state index in [0.717, 1.165) is 28.6 Å². The fraction of sp³-hybridized carbons (Fsp3) is 0.316. The molecule has 3 aromatic rings. The molecular weight excluding hydrogens is 446 g/mol. The number of rotatable bonds is 9. The predicted molar refractivity (Wildman–Crippen MR) is 112 cm³/mol. The smallest absolute Gasteiger partial charge is 0.263 e. The third kappa shape index (κ3) is 5.36. The van der Waals surface area contributed by atoms with Crippen LogP contribution in [0.3, 0.4) is 0 Å². The van der Waals surface area contributed by atoms with Crippen molar-refractivity contribution in [2.75, 3.05) is 12.4 Å². The van der Waals surface area contributed by atoms with E-state index < -0.39 is 0 Å². The summed E-state index contributed by atoms with van der Waals surface area (Å²) >= 11 is 9.49. The molecule has 0 atom stereocenters. The van der Waals surface area contributed by atoms with Crippen molar-refractivity contribution in [1.29, 1.82) is 0 Å². The number of anilines is 1. The lowest BCUT2D eigenvalue weighted by atomic mass is 10.2. The monoisotopic (exact) mass is 465 g/mol. The minimum absolute atomic E-state index is 0.411. The molecule has 0 amide bonds. The highest BCUT2D eigenvalue weighted by Crippen LogP contribution is 2.37. The lowest BCUT2D eigenvalue weighted by Crippen LogP contribution is -2.05. The van der Waals surface area contributed by atoms with Gasteiger partial charge in [-0.25, -0.2) is 0 Å². The van der Waals surface area contributed by atoms with Gasteiger partial charge >= 0.3 is 0 Å². The number of benzene rings is 2. The van der Waals surface area contributed by atoms with E-state index in [1.54, 1.807) is 11.9 Å². The molecule has 0 aliphatic carbocycles. The minimum atomic E-state index is 0.411. The highest BCUT2D eigenvalue weighted by Gasteiger charge is 2.13. The molecule has 0 radical (unpaired) electrons. The molecule has 1 aromatic heterocycles. The van der Waals surface area contributed by atoms with Crippen molar-refractivity contribution in [2.45, 2.75) is 33.0 Å². The SMILES string of the molecule is CCCn1nnc(NCc2cc(Br)c(OCc3ccc(Cl)cc3)c(OC)c2)n1. The van der Waals surface area contributed by atoms with Crippen molar-refractivity contribution in [3.63, 3.8) is 0 Å². The van der Waals surface area contributed by atoms with E-state index in [2.05, 4.69) is 43.6 Å². The second-order valence-corrected chi connectivity index (χ2v) is 7.38. The Morgan fingerprint density at radius 3 is 2.68 bits per heavy atom. The Kier molecular flexibility index (Phi) is 7.11. The molecule has 1 N–H and O–H groups in total. The van der Waals surface area contributed by atoms with Crippen LogP contribution in [0.15, 0.2) is 40.9 Å². The van der Waals surface area contributed by atoms with E-state index in [0.29, 0.717) is 35.6 Å². The van der Waals surface area contributed by atoms with Crippen LogP contribution in [0.25, 0.3) is 0 Å². The van der Waals surface area contributed by atoms with Gasteiger partial charge in [0.1, 0.15) is 6.61 Å². The second kappa shape index (κ2) is 9.75. The average molecular weight is 467 g/mol. The lowest BCUT2D eigenvalue weighted by Gasteiger charge is -2.14. The molecule has 0 spiro atoms. The highest BCUT2D eigenvalue weighted by atomic mass is 79.9. The zero-order valence-electron chi connectivity index (χ0n) is 15.7. The Balaban J connectivity index is 1.67. The Labute approximate surface area is 177 Å². The number of aryl methyl sites for hydroxylation is 1. The van der Waals surface area contributed by atoms with E-state index in [-0.39, 0.29) is 0 Å². The number of nitrogens with zero attached hydrogens (tertiary/aromatic N) is 4. The van der Waals surface area contributed by atoms with Crippen molar-refractivity contribution in [3.8, 4) is 11.5 Å². The summed E-state index contributed by atoms with van der Waals surface area (Å²) in [5, 5.41) is 16.1. The molecule has 3 rings (SSSR count). The fourth-order valence-corrected chi connectivity index (χ4v) is 3.27. The molecule has 0 aliphatic heterocycles. The van der Waals surface area contributed by atoms with Gasteiger partial charge in [0.15, 0.2) is 11.5 Å².